The van der Waals surface area contributed by atoms with Crippen LogP contribution in [0.2, 0.25) is 0 Å². The van der Waals surface area contributed by atoms with E-state index in [2.05, 4.69) is 15.1 Å². The van der Waals surface area contributed by atoms with Crippen molar-refractivity contribution in [2.24, 2.45) is 7.05 Å². The predicted octanol–water partition coefficient (Wildman–Crippen LogP) is 3.29. The Morgan fingerprint density at radius 1 is 1.20 bits per heavy atom. The minimum absolute atomic E-state index is 0.0390. The summed E-state index contributed by atoms with van der Waals surface area (Å²) in [5, 5.41) is 3.53. The van der Waals surface area contributed by atoms with E-state index in [1.54, 1.807) is 25.1 Å². The predicted molar refractivity (Wildman–Crippen MR) is 68.0 cm³/mol. The van der Waals surface area contributed by atoms with Crippen molar-refractivity contribution < 1.29 is 13.2 Å². The molecule has 0 fully saturated rings. The highest BCUT2D eigenvalue weighted by Gasteiger charge is 2.37. The monoisotopic (exact) mass is 280 g/mol. The minimum Gasteiger partial charge on any atom is -0.342 e. The van der Waals surface area contributed by atoms with E-state index in [4.69, 9.17) is 0 Å². The molecule has 0 atom stereocenters. The molecule has 7 heteroatoms. The average Bonchev–Trinajstić information content (AvgIpc) is 2.89. The maximum absolute atomic E-state index is 13.0. The Balaban J connectivity index is 2.31. The SMILES string of the molecule is Cc1nc2c(-c3cn(C)nc3C(F)(F)F)cccc2[nH]1. The van der Waals surface area contributed by atoms with E-state index in [0.29, 0.717) is 22.4 Å². The van der Waals surface area contributed by atoms with Gasteiger partial charge in [0, 0.05) is 24.4 Å². The second-order valence-electron chi connectivity index (χ2n) is 4.59. The molecule has 0 radical (unpaired) electrons. The molecule has 1 N–H and O–H groups in total. The van der Waals surface area contributed by atoms with Crippen molar-refractivity contribution in [1.82, 2.24) is 19.7 Å². The van der Waals surface area contributed by atoms with E-state index in [0.717, 1.165) is 4.68 Å². The molecular formula is C13H11F3N4. The number of nitrogens with zero attached hydrogens (tertiary/aromatic N) is 3. The first-order chi connectivity index (χ1) is 9.36. The van der Waals surface area contributed by atoms with Crippen LogP contribution in [0.5, 0.6) is 0 Å². The van der Waals surface area contributed by atoms with Crippen LogP contribution in [0.3, 0.4) is 0 Å². The van der Waals surface area contributed by atoms with Gasteiger partial charge in [-0.15, -0.1) is 0 Å². The molecule has 104 valence electrons. The van der Waals surface area contributed by atoms with Gasteiger partial charge in [0.15, 0.2) is 5.69 Å². The highest BCUT2D eigenvalue weighted by Crippen LogP contribution is 2.37. The van der Waals surface area contributed by atoms with Crippen molar-refractivity contribution in [2.75, 3.05) is 0 Å². The number of alkyl halides is 3. The number of aromatic amines is 1. The quantitative estimate of drug-likeness (QED) is 0.743. The fourth-order valence-corrected chi connectivity index (χ4v) is 2.27. The highest BCUT2D eigenvalue weighted by atomic mass is 19.4. The third kappa shape index (κ3) is 1.95. The van der Waals surface area contributed by atoms with Crippen LogP contribution in [0.1, 0.15) is 11.5 Å². The van der Waals surface area contributed by atoms with Crippen LogP contribution in [0.15, 0.2) is 24.4 Å². The maximum Gasteiger partial charge on any atom is 0.435 e. The van der Waals surface area contributed by atoms with Gasteiger partial charge in [-0.25, -0.2) is 4.98 Å². The number of imidazole rings is 1. The van der Waals surface area contributed by atoms with Crippen molar-refractivity contribution in [1.29, 1.82) is 0 Å². The molecule has 3 aromatic rings. The number of benzene rings is 1. The minimum atomic E-state index is -4.50. The van der Waals surface area contributed by atoms with E-state index >= 15 is 0 Å². The average molecular weight is 280 g/mol. The standard InChI is InChI=1S/C13H11F3N4/c1-7-17-10-5-3-4-8(11(10)18-7)9-6-20(2)19-12(9)13(14,15)16/h3-6H,1-2H3,(H,17,18). The molecule has 0 amide bonds. The molecule has 0 unspecified atom stereocenters. The topological polar surface area (TPSA) is 46.5 Å². The first-order valence-corrected chi connectivity index (χ1v) is 5.93. The highest BCUT2D eigenvalue weighted by molar-refractivity contribution is 5.92. The van der Waals surface area contributed by atoms with E-state index < -0.39 is 11.9 Å². The van der Waals surface area contributed by atoms with Gasteiger partial charge in [-0.1, -0.05) is 12.1 Å². The Morgan fingerprint density at radius 3 is 2.65 bits per heavy atom. The molecule has 0 bridgehead atoms. The zero-order valence-electron chi connectivity index (χ0n) is 10.8. The summed E-state index contributed by atoms with van der Waals surface area (Å²) in [4.78, 5) is 7.28. The van der Waals surface area contributed by atoms with Crippen LogP contribution in [0.4, 0.5) is 13.2 Å². The lowest BCUT2D eigenvalue weighted by molar-refractivity contribution is -0.140. The number of fused-ring (bicyclic) bond motifs is 1. The molecule has 1 aromatic carbocycles. The zero-order valence-corrected chi connectivity index (χ0v) is 10.8. The first kappa shape index (κ1) is 12.7. The lowest BCUT2D eigenvalue weighted by Crippen LogP contribution is -2.08. The normalized spacial score (nSPS) is 12.2. The molecule has 0 aliphatic rings. The van der Waals surface area contributed by atoms with Gasteiger partial charge >= 0.3 is 6.18 Å². The Hall–Kier alpha value is -2.31. The number of halogens is 3. The molecule has 4 nitrogen and oxygen atoms in total. The van der Waals surface area contributed by atoms with E-state index in [-0.39, 0.29) is 5.56 Å². The number of aromatic nitrogens is 4. The molecule has 0 saturated carbocycles. The van der Waals surface area contributed by atoms with Crippen molar-refractivity contribution in [3.63, 3.8) is 0 Å². The fourth-order valence-electron chi connectivity index (χ4n) is 2.27. The van der Waals surface area contributed by atoms with Crippen molar-refractivity contribution in [2.45, 2.75) is 13.1 Å². The van der Waals surface area contributed by atoms with Gasteiger partial charge in [-0.05, 0) is 13.0 Å². The smallest absolute Gasteiger partial charge is 0.342 e. The third-order valence-corrected chi connectivity index (χ3v) is 3.02. The molecule has 0 aliphatic carbocycles. The van der Waals surface area contributed by atoms with Gasteiger partial charge in [0.2, 0.25) is 0 Å². The van der Waals surface area contributed by atoms with Crippen LogP contribution in [0.25, 0.3) is 22.2 Å². The van der Waals surface area contributed by atoms with Crippen molar-refractivity contribution >= 4 is 11.0 Å². The lowest BCUT2D eigenvalue weighted by atomic mass is 10.0. The van der Waals surface area contributed by atoms with E-state index in [1.807, 2.05) is 0 Å². The number of para-hydroxylation sites is 1. The summed E-state index contributed by atoms with van der Waals surface area (Å²) >= 11 is 0. The third-order valence-electron chi connectivity index (χ3n) is 3.02. The largest absolute Gasteiger partial charge is 0.435 e. The van der Waals surface area contributed by atoms with Crippen LogP contribution >= 0.6 is 0 Å². The molecule has 0 spiro atoms. The number of rotatable bonds is 1. The number of hydrogen-bond donors (Lipinski definition) is 1. The Bertz CT molecular complexity index is 783. The van der Waals surface area contributed by atoms with Crippen LogP contribution in [-0.2, 0) is 13.2 Å². The number of H-pyrrole nitrogens is 1. The van der Waals surface area contributed by atoms with Gasteiger partial charge in [0.05, 0.1) is 11.0 Å². The van der Waals surface area contributed by atoms with Gasteiger partial charge in [0.25, 0.3) is 0 Å². The summed E-state index contributed by atoms with van der Waals surface area (Å²) in [6, 6.07) is 5.10. The number of nitrogens with one attached hydrogen (secondary N) is 1. The van der Waals surface area contributed by atoms with Crippen molar-refractivity contribution in [3.8, 4) is 11.1 Å². The Kier molecular flexibility index (Phi) is 2.60. The summed E-state index contributed by atoms with van der Waals surface area (Å²) in [6.07, 6.45) is -3.13. The van der Waals surface area contributed by atoms with Gasteiger partial charge < -0.3 is 4.98 Å². The molecule has 20 heavy (non-hydrogen) atoms. The lowest BCUT2D eigenvalue weighted by Gasteiger charge is -2.06. The summed E-state index contributed by atoms with van der Waals surface area (Å²) in [5.41, 5.74) is 0.790. The van der Waals surface area contributed by atoms with Crippen LogP contribution in [-0.4, -0.2) is 19.7 Å². The van der Waals surface area contributed by atoms with Crippen LogP contribution < -0.4 is 0 Å². The Morgan fingerprint density at radius 2 is 1.95 bits per heavy atom. The van der Waals surface area contributed by atoms with Gasteiger partial charge in [0.1, 0.15) is 5.82 Å². The van der Waals surface area contributed by atoms with Crippen LogP contribution in [0, 0.1) is 6.92 Å². The van der Waals surface area contributed by atoms with E-state index in [9.17, 15) is 13.2 Å². The van der Waals surface area contributed by atoms with Crippen molar-refractivity contribution in [3.05, 3.63) is 35.9 Å². The summed E-state index contributed by atoms with van der Waals surface area (Å²) in [5.74, 6) is 0.657. The molecule has 2 heterocycles. The van der Waals surface area contributed by atoms with Gasteiger partial charge in [-0.3, -0.25) is 4.68 Å². The van der Waals surface area contributed by atoms with Gasteiger partial charge in [-0.2, -0.15) is 18.3 Å². The maximum atomic E-state index is 13.0. The summed E-state index contributed by atoms with van der Waals surface area (Å²) < 4.78 is 40.3. The summed E-state index contributed by atoms with van der Waals surface area (Å²) in [7, 11) is 1.47. The molecule has 3 rings (SSSR count). The molecular weight excluding hydrogens is 269 g/mol. The fraction of sp³-hybridized carbons (Fsp3) is 0.231. The molecule has 2 aromatic heterocycles. The Labute approximate surface area is 112 Å². The summed E-state index contributed by atoms with van der Waals surface area (Å²) in [6.45, 7) is 1.76. The number of hydrogen-bond acceptors (Lipinski definition) is 2. The molecule has 0 aliphatic heterocycles. The second kappa shape index (κ2) is 4.09. The first-order valence-electron chi connectivity index (χ1n) is 5.93. The number of aryl methyl sites for hydroxylation is 2. The van der Waals surface area contributed by atoms with E-state index in [1.165, 1.54) is 13.2 Å². The second-order valence-corrected chi connectivity index (χ2v) is 4.59. The zero-order chi connectivity index (χ0) is 14.5. The molecule has 0 saturated heterocycles.